The summed E-state index contributed by atoms with van der Waals surface area (Å²) in [6.45, 7) is 3.87. The van der Waals surface area contributed by atoms with E-state index in [0.717, 1.165) is 31.6 Å². The van der Waals surface area contributed by atoms with Crippen molar-refractivity contribution in [2.75, 3.05) is 31.3 Å². The van der Waals surface area contributed by atoms with E-state index in [1.165, 1.54) is 4.90 Å². The van der Waals surface area contributed by atoms with Gasteiger partial charge in [-0.15, -0.1) is 11.8 Å². The van der Waals surface area contributed by atoms with Gasteiger partial charge in [0, 0.05) is 23.7 Å². The van der Waals surface area contributed by atoms with E-state index in [-0.39, 0.29) is 18.6 Å². The van der Waals surface area contributed by atoms with Crippen LogP contribution in [0.5, 0.6) is 0 Å². The van der Waals surface area contributed by atoms with Gasteiger partial charge in [-0.1, -0.05) is 0 Å². The van der Waals surface area contributed by atoms with Crippen LogP contribution in [0.25, 0.3) is 0 Å². The number of carbonyl (C=O) groups excluding carboxylic acids is 1. The molecule has 1 fully saturated rings. The average Bonchev–Trinajstić information content (AvgIpc) is 2.54. The molecular formula is C16H24N2O2S. The molecule has 1 amide bonds. The number of anilines is 1. The minimum absolute atomic E-state index is 0.0190. The van der Waals surface area contributed by atoms with Crippen molar-refractivity contribution in [1.29, 1.82) is 0 Å². The summed E-state index contributed by atoms with van der Waals surface area (Å²) in [6, 6.07) is 7.72. The second-order valence-electron chi connectivity index (χ2n) is 5.58. The number of rotatable bonds is 5. The quantitative estimate of drug-likeness (QED) is 0.820. The second kappa shape index (κ2) is 7.82. The first-order valence-corrected chi connectivity index (χ1v) is 8.66. The van der Waals surface area contributed by atoms with Crippen molar-refractivity contribution < 1.29 is 9.90 Å². The number of aliphatic hydroxyl groups is 1. The zero-order valence-electron chi connectivity index (χ0n) is 12.7. The topological polar surface area (TPSA) is 52.6 Å². The molecule has 4 nitrogen and oxygen atoms in total. The van der Waals surface area contributed by atoms with Gasteiger partial charge >= 0.3 is 0 Å². The highest BCUT2D eigenvalue weighted by atomic mass is 32.2. The lowest BCUT2D eigenvalue weighted by molar-refractivity contribution is -0.121. The number of piperidine rings is 1. The number of nitrogens with one attached hydrogen (secondary N) is 1. The molecule has 2 unspecified atom stereocenters. The minimum Gasteiger partial charge on any atom is -0.396 e. The lowest BCUT2D eigenvalue weighted by Gasteiger charge is -2.35. The average molecular weight is 308 g/mol. The number of amides is 1. The summed E-state index contributed by atoms with van der Waals surface area (Å²) in [5, 5.41) is 12.3. The summed E-state index contributed by atoms with van der Waals surface area (Å²) < 4.78 is 0. The van der Waals surface area contributed by atoms with Gasteiger partial charge in [0.25, 0.3) is 0 Å². The number of aliphatic hydroxyl groups excluding tert-OH is 1. The molecule has 0 saturated carbocycles. The fourth-order valence-corrected chi connectivity index (χ4v) is 3.09. The van der Waals surface area contributed by atoms with E-state index in [1.807, 2.05) is 37.4 Å². The van der Waals surface area contributed by atoms with Gasteiger partial charge in [0.05, 0.1) is 6.04 Å². The fourth-order valence-electron chi connectivity index (χ4n) is 2.68. The molecule has 116 valence electrons. The van der Waals surface area contributed by atoms with Crippen molar-refractivity contribution in [2.24, 2.45) is 5.92 Å². The zero-order chi connectivity index (χ0) is 15.2. The van der Waals surface area contributed by atoms with Crippen molar-refractivity contribution in [1.82, 2.24) is 4.90 Å². The standard InChI is InChI=1S/C16H24N2O2S/c1-12(18-9-3-4-13(10-18)11-19)16(20)17-14-5-7-15(21-2)8-6-14/h5-8,12-13,19H,3-4,9-11H2,1-2H3,(H,17,20). The summed E-state index contributed by atoms with van der Waals surface area (Å²) in [4.78, 5) is 15.7. The number of thioether (sulfide) groups is 1. The van der Waals surface area contributed by atoms with Crippen LogP contribution >= 0.6 is 11.8 Å². The Kier molecular flexibility index (Phi) is 6.08. The van der Waals surface area contributed by atoms with Gasteiger partial charge in [-0.25, -0.2) is 0 Å². The normalized spacial score (nSPS) is 21.0. The molecule has 1 saturated heterocycles. The molecule has 2 rings (SSSR count). The van der Waals surface area contributed by atoms with Crippen molar-refractivity contribution in [3.05, 3.63) is 24.3 Å². The predicted octanol–water partition coefficient (Wildman–Crippen LogP) is 2.44. The van der Waals surface area contributed by atoms with Gasteiger partial charge in [0.1, 0.15) is 0 Å². The molecule has 1 heterocycles. The maximum absolute atomic E-state index is 12.3. The number of hydrogen-bond acceptors (Lipinski definition) is 4. The highest BCUT2D eigenvalue weighted by Crippen LogP contribution is 2.20. The maximum Gasteiger partial charge on any atom is 0.241 e. The molecule has 21 heavy (non-hydrogen) atoms. The molecule has 2 N–H and O–H groups in total. The monoisotopic (exact) mass is 308 g/mol. The Bertz CT molecular complexity index is 464. The molecule has 2 atom stereocenters. The van der Waals surface area contributed by atoms with Crippen LogP contribution in [0.15, 0.2) is 29.2 Å². The molecule has 0 aliphatic carbocycles. The van der Waals surface area contributed by atoms with Crippen molar-refractivity contribution >= 4 is 23.4 Å². The van der Waals surface area contributed by atoms with Crippen LogP contribution in [-0.2, 0) is 4.79 Å². The Morgan fingerprint density at radius 1 is 1.48 bits per heavy atom. The van der Waals surface area contributed by atoms with E-state index < -0.39 is 0 Å². The largest absolute Gasteiger partial charge is 0.396 e. The zero-order valence-corrected chi connectivity index (χ0v) is 13.5. The molecule has 1 aromatic carbocycles. The predicted molar refractivity (Wildman–Crippen MR) is 87.7 cm³/mol. The third-order valence-corrected chi connectivity index (χ3v) is 4.84. The SMILES string of the molecule is CSc1ccc(NC(=O)C(C)N2CCCC(CO)C2)cc1. The molecular weight excluding hydrogens is 284 g/mol. The Morgan fingerprint density at radius 2 is 2.19 bits per heavy atom. The van der Waals surface area contributed by atoms with Gasteiger partial charge in [-0.2, -0.15) is 0 Å². The van der Waals surface area contributed by atoms with E-state index in [0.29, 0.717) is 5.92 Å². The Labute approximate surface area is 130 Å². The molecule has 0 radical (unpaired) electrons. The first-order valence-electron chi connectivity index (χ1n) is 7.44. The fraction of sp³-hybridized carbons (Fsp3) is 0.562. The summed E-state index contributed by atoms with van der Waals surface area (Å²) in [7, 11) is 0. The summed E-state index contributed by atoms with van der Waals surface area (Å²) >= 11 is 1.68. The first kappa shape index (κ1) is 16.3. The van der Waals surface area contributed by atoms with Crippen molar-refractivity contribution in [3.8, 4) is 0 Å². The van der Waals surface area contributed by atoms with Crippen LogP contribution in [0.2, 0.25) is 0 Å². The number of carbonyl (C=O) groups is 1. The van der Waals surface area contributed by atoms with Crippen molar-refractivity contribution in [2.45, 2.75) is 30.7 Å². The molecule has 0 aromatic heterocycles. The summed E-state index contributed by atoms with van der Waals surface area (Å²) in [5.41, 5.74) is 0.834. The maximum atomic E-state index is 12.3. The Hall–Kier alpha value is -1.04. The molecule has 0 spiro atoms. The number of benzene rings is 1. The van der Waals surface area contributed by atoms with E-state index in [9.17, 15) is 9.90 Å². The van der Waals surface area contributed by atoms with Crippen molar-refractivity contribution in [3.63, 3.8) is 0 Å². The van der Waals surface area contributed by atoms with Crippen LogP contribution in [0.4, 0.5) is 5.69 Å². The van der Waals surface area contributed by atoms with E-state index in [1.54, 1.807) is 11.8 Å². The molecule has 1 aliphatic rings. The van der Waals surface area contributed by atoms with Gasteiger partial charge < -0.3 is 10.4 Å². The van der Waals surface area contributed by atoms with Crippen LogP contribution < -0.4 is 5.32 Å². The number of hydrogen-bond donors (Lipinski definition) is 2. The van der Waals surface area contributed by atoms with Gasteiger partial charge in [0.15, 0.2) is 0 Å². The number of nitrogens with zero attached hydrogens (tertiary/aromatic N) is 1. The molecule has 0 bridgehead atoms. The van der Waals surface area contributed by atoms with Crippen LogP contribution in [0.3, 0.4) is 0 Å². The smallest absolute Gasteiger partial charge is 0.241 e. The van der Waals surface area contributed by atoms with Crippen LogP contribution in [0.1, 0.15) is 19.8 Å². The summed E-state index contributed by atoms with van der Waals surface area (Å²) in [6.07, 6.45) is 4.13. The van der Waals surface area contributed by atoms with Gasteiger partial charge in [-0.3, -0.25) is 9.69 Å². The van der Waals surface area contributed by atoms with Gasteiger partial charge in [-0.05, 0) is 62.7 Å². The summed E-state index contributed by atoms with van der Waals surface area (Å²) in [5.74, 6) is 0.320. The van der Waals surface area contributed by atoms with Crippen LogP contribution in [-0.4, -0.2) is 47.9 Å². The van der Waals surface area contributed by atoms with Gasteiger partial charge in [0.2, 0.25) is 5.91 Å². The van der Waals surface area contributed by atoms with E-state index >= 15 is 0 Å². The van der Waals surface area contributed by atoms with E-state index in [4.69, 9.17) is 0 Å². The first-order chi connectivity index (χ1) is 10.1. The lowest BCUT2D eigenvalue weighted by atomic mass is 9.97. The Balaban J connectivity index is 1.92. The number of likely N-dealkylation sites (tertiary alicyclic amines) is 1. The molecule has 5 heteroatoms. The third kappa shape index (κ3) is 4.46. The lowest BCUT2D eigenvalue weighted by Crippen LogP contribution is -2.47. The Morgan fingerprint density at radius 3 is 2.81 bits per heavy atom. The van der Waals surface area contributed by atoms with Crippen LogP contribution in [0, 0.1) is 5.92 Å². The third-order valence-electron chi connectivity index (χ3n) is 4.09. The highest BCUT2D eigenvalue weighted by molar-refractivity contribution is 7.98. The highest BCUT2D eigenvalue weighted by Gasteiger charge is 2.27. The second-order valence-corrected chi connectivity index (χ2v) is 6.46. The minimum atomic E-state index is -0.167. The molecule has 1 aromatic rings. The van der Waals surface area contributed by atoms with E-state index in [2.05, 4.69) is 10.2 Å². The molecule has 1 aliphatic heterocycles.